The summed E-state index contributed by atoms with van der Waals surface area (Å²) in [5, 5.41) is 10.3. The largest absolute Gasteiger partial charge is 0.469 e. The highest BCUT2D eigenvalue weighted by Crippen LogP contribution is 2.63. The normalized spacial score (nSPS) is 44.4. The summed E-state index contributed by atoms with van der Waals surface area (Å²) >= 11 is 0. The fourth-order valence-corrected chi connectivity index (χ4v) is 7.72. The number of hydrogen-bond acceptors (Lipinski definition) is 4. The first kappa shape index (κ1) is 23.1. The zero-order valence-corrected chi connectivity index (χ0v) is 19.2. The molecule has 4 nitrogen and oxygen atoms in total. The Bertz CT molecular complexity index is 552. The van der Waals surface area contributed by atoms with Crippen LogP contribution in [0.2, 0.25) is 0 Å². The van der Waals surface area contributed by atoms with Crippen LogP contribution in [-0.4, -0.2) is 30.3 Å². The highest BCUT2D eigenvalue weighted by Gasteiger charge is 2.56. The molecule has 0 aliphatic heterocycles. The number of fused-ring (bicyclic) bond motifs is 3. The van der Waals surface area contributed by atoms with Gasteiger partial charge in [0.1, 0.15) is 0 Å². The lowest BCUT2D eigenvalue weighted by atomic mass is 9.52. The number of carbonyl (C=O) groups is 1. The van der Waals surface area contributed by atoms with E-state index in [4.69, 9.17) is 10.5 Å². The standard InChI is InChI=1S/C25H45NO3/c1-16-8-10-18(27)6-5-7-22(26)24-19(16)14-15-25(3)20(11-12-21(24)25)17(2)9-13-23(28)29-4/h16-22,24,27H,5-15,26H2,1-4H3/t16-,17+,18-,19+,20+,21-,22+,24+,25+/m0/s1. The third-order valence-electron chi connectivity index (χ3n) is 9.43. The number of methoxy groups -OCH3 is 1. The molecule has 0 bridgehead atoms. The molecule has 9 atom stereocenters. The van der Waals surface area contributed by atoms with Crippen LogP contribution in [0.3, 0.4) is 0 Å². The maximum Gasteiger partial charge on any atom is 0.305 e. The van der Waals surface area contributed by atoms with Crippen molar-refractivity contribution < 1.29 is 14.6 Å². The molecule has 3 N–H and O–H groups in total. The second-order valence-corrected chi connectivity index (χ2v) is 11.0. The van der Waals surface area contributed by atoms with E-state index in [1.807, 2.05) is 0 Å². The van der Waals surface area contributed by atoms with Crippen LogP contribution in [0.1, 0.15) is 91.4 Å². The van der Waals surface area contributed by atoms with Crippen LogP contribution in [0.5, 0.6) is 0 Å². The lowest BCUT2D eigenvalue weighted by Crippen LogP contribution is -2.51. The number of carbonyl (C=O) groups excluding carboxylic acids is 1. The lowest BCUT2D eigenvalue weighted by Gasteiger charge is -2.53. The maximum atomic E-state index is 11.7. The van der Waals surface area contributed by atoms with Gasteiger partial charge in [0, 0.05) is 12.5 Å². The minimum absolute atomic E-state index is 0.0781. The predicted octanol–water partition coefficient (Wildman–Crippen LogP) is 4.92. The van der Waals surface area contributed by atoms with Crippen molar-refractivity contribution in [3.8, 4) is 0 Å². The number of ether oxygens (including phenoxy) is 1. The maximum absolute atomic E-state index is 11.7. The summed E-state index contributed by atoms with van der Waals surface area (Å²) < 4.78 is 4.87. The number of aliphatic hydroxyl groups is 1. The molecule has 0 spiro atoms. The Morgan fingerprint density at radius 3 is 2.66 bits per heavy atom. The smallest absolute Gasteiger partial charge is 0.305 e. The minimum Gasteiger partial charge on any atom is -0.469 e. The summed E-state index contributed by atoms with van der Waals surface area (Å²) in [6.07, 6.45) is 11.6. The van der Waals surface area contributed by atoms with Crippen molar-refractivity contribution >= 4 is 5.97 Å². The van der Waals surface area contributed by atoms with E-state index >= 15 is 0 Å². The Morgan fingerprint density at radius 2 is 1.93 bits per heavy atom. The van der Waals surface area contributed by atoms with Crippen molar-refractivity contribution in [3.05, 3.63) is 0 Å². The third kappa shape index (κ3) is 4.84. The number of rotatable bonds is 4. The molecule has 4 heteroatoms. The molecule has 0 aromatic rings. The summed E-state index contributed by atoms with van der Waals surface area (Å²) in [6.45, 7) is 7.30. The van der Waals surface area contributed by atoms with E-state index in [1.165, 1.54) is 32.8 Å². The van der Waals surface area contributed by atoms with Crippen LogP contribution in [0.25, 0.3) is 0 Å². The Morgan fingerprint density at radius 1 is 1.17 bits per heavy atom. The van der Waals surface area contributed by atoms with Crippen LogP contribution in [-0.2, 0) is 9.53 Å². The van der Waals surface area contributed by atoms with Crippen LogP contribution < -0.4 is 5.73 Å². The van der Waals surface area contributed by atoms with Gasteiger partial charge in [-0.3, -0.25) is 4.79 Å². The van der Waals surface area contributed by atoms with Gasteiger partial charge in [-0.25, -0.2) is 0 Å². The van der Waals surface area contributed by atoms with Crippen LogP contribution in [0.15, 0.2) is 0 Å². The summed E-state index contributed by atoms with van der Waals surface area (Å²) in [4.78, 5) is 11.7. The summed E-state index contributed by atoms with van der Waals surface area (Å²) in [7, 11) is 1.49. The molecule has 0 unspecified atom stereocenters. The molecule has 0 heterocycles. The van der Waals surface area contributed by atoms with Crippen molar-refractivity contribution in [2.45, 2.75) is 104 Å². The van der Waals surface area contributed by atoms with Gasteiger partial charge in [0.25, 0.3) is 0 Å². The molecule has 3 rings (SSSR count). The summed E-state index contributed by atoms with van der Waals surface area (Å²) in [5.74, 6) is 3.87. The van der Waals surface area contributed by atoms with E-state index in [1.54, 1.807) is 0 Å². The van der Waals surface area contributed by atoms with Crippen molar-refractivity contribution in [2.75, 3.05) is 7.11 Å². The highest BCUT2D eigenvalue weighted by atomic mass is 16.5. The molecule has 168 valence electrons. The van der Waals surface area contributed by atoms with Crippen LogP contribution in [0, 0.1) is 40.9 Å². The molecular weight excluding hydrogens is 362 g/mol. The minimum atomic E-state index is -0.137. The van der Waals surface area contributed by atoms with Gasteiger partial charge in [-0.05, 0) is 105 Å². The van der Waals surface area contributed by atoms with E-state index in [-0.39, 0.29) is 18.1 Å². The quantitative estimate of drug-likeness (QED) is 0.649. The van der Waals surface area contributed by atoms with Gasteiger partial charge in [0.2, 0.25) is 0 Å². The van der Waals surface area contributed by atoms with Crippen LogP contribution in [0.4, 0.5) is 0 Å². The average molecular weight is 408 g/mol. The first-order valence-electron chi connectivity index (χ1n) is 12.3. The van der Waals surface area contributed by atoms with Crippen molar-refractivity contribution in [3.63, 3.8) is 0 Å². The molecule has 0 saturated heterocycles. The van der Waals surface area contributed by atoms with Gasteiger partial charge in [-0.2, -0.15) is 0 Å². The first-order valence-corrected chi connectivity index (χ1v) is 12.3. The summed E-state index contributed by atoms with van der Waals surface area (Å²) in [6, 6.07) is 0.265. The monoisotopic (exact) mass is 407 g/mol. The lowest BCUT2D eigenvalue weighted by molar-refractivity contribution is -0.141. The second-order valence-electron chi connectivity index (χ2n) is 11.0. The first-order chi connectivity index (χ1) is 13.8. The third-order valence-corrected chi connectivity index (χ3v) is 9.43. The number of esters is 1. The average Bonchev–Trinajstić information content (AvgIpc) is 3.05. The van der Waals surface area contributed by atoms with E-state index in [0.717, 1.165) is 38.5 Å². The second kappa shape index (κ2) is 9.68. The fourth-order valence-electron chi connectivity index (χ4n) is 7.72. The zero-order chi connectivity index (χ0) is 21.2. The van der Waals surface area contributed by atoms with Gasteiger partial charge >= 0.3 is 5.97 Å². The van der Waals surface area contributed by atoms with E-state index in [0.29, 0.717) is 47.3 Å². The van der Waals surface area contributed by atoms with Gasteiger partial charge in [0.05, 0.1) is 13.2 Å². The van der Waals surface area contributed by atoms with Gasteiger partial charge in [-0.15, -0.1) is 0 Å². The van der Waals surface area contributed by atoms with E-state index < -0.39 is 0 Å². The number of aliphatic hydroxyl groups excluding tert-OH is 1. The molecule has 3 saturated carbocycles. The molecule has 29 heavy (non-hydrogen) atoms. The van der Waals surface area contributed by atoms with E-state index in [9.17, 15) is 9.90 Å². The Labute approximate surface area is 178 Å². The SMILES string of the molecule is COC(=O)CC[C@@H](C)[C@H]1CC[C@H]2[C@H]3[C@H](CC[C@]12C)[C@@H](C)CC[C@@H](O)CCC[C@H]3N. The van der Waals surface area contributed by atoms with Gasteiger partial charge in [0.15, 0.2) is 0 Å². The molecule has 0 aromatic heterocycles. The number of hydrogen-bond donors (Lipinski definition) is 2. The molecule has 0 aromatic carbocycles. The molecule has 3 fully saturated rings. The Kier molecular flexibility index (Phi) is 7.70. The molecule has 0 radical (unpaired) electrons. The fraction of sp³-hybridized carbons (Fsp3) is 0.960. The Balaban J connectivity index is 1.76. The van der Waals surface area contributed by atoms with Gasteiger partial charge < -0.3 is 15.6 Å². The Hall–Kier alpha value is -0.610. The zero-order valence-electron chi connectivity index (χ0n) is 19.2. The van der Waals surface area contributed by atoms with Crippen molar-refractivity contribution in [1.82, 2.24) is 0 Å². The van der Waals surface area contributed by atoms with Crippen molar-refractivity contribution in [2.24, 2.45) is 46.7 Å². The summed E-state index contributed by atoms with van der Waals surface area (Å²) in [5.41, 5.74) is 7.26. The predicted molar refractivity (Wildman–Crippen MR) is 117 cm³/mol. The molecule has 0 amide bonds. The molecule has 3 aliphatic rings. The van der Waals surface area contributed by atoms with E-state index in [2.05, 4.69) is 20.8 Å². The molecular formula is C25H45NO3. The van der Waals surface area contributed by atoms with Gasteiger partial charge in [-0.1, -0.05) is 20.8 Å². The molecule has 3 aliphatic carbocycles. The highest BCUT2D eigenvalue weighted by molar-refractivity contribution is 5.69. The van der Waals surface area contributed by atoms with Crippen LogP contribution >= 0.6 is 0 Å². The topological polar surface area (TPSA) is 72.5 Å². The van der Waals surface area contributed by atoms with Crippen molar-refractivity contribution in [1.29, 1.82) is 0 Å². The number of nitrogens with two attached hydrogens (primary N) is 1.